The average Bonchev–Trinajstić information content (AvgIpc) is 3.40. The van der Waals surface area contributed by atoms with E-state index >= 15 is 0 Å². The summed E-state index contributed by atoms with van der Waals surface area (Å²) in [6, 6.07) is 10.4. The summed E-state index contributed by atoms with van der Waals surface area (Å²) in [5.74, 6) is 3.98. The van der Waals surface area contributed by atoms with Crippen LogP contribution in [0.1, 0.15) is 56.4 Å². The zero-order valence-electron chi connectivity index (χ0n) is 14.2. The predicted octanol–water partition coefficient (Wildman–Crippen LogP) is 4.11. The van der Waals surface area contributed by atoms with Crippen molar-refractivity contribution in [1.82, 2.24) is 5.43 Å². The monoisotopic (exact) mass is 322 g/mol. The predicted molar refractivity (Wildman–Crippen MR) is 94.5 cm³/mol. The summed E-state index contributed by atoms with van der Waals surface area (Å²) in [5, 5.41) is 4.65. The number of amides is 1. The second kappa shape index (κ2) is 5.72. The summed E-state index contributed by atoms with van der Waals surface area (Å²) in [5.41, 5.74) is 5.52. The number of hydrogen-bond donors (Lipinski definition) is 1. The average molecular weight is 322 g/mol. The molecule has 6 rings (SSSR count). The fourth-order valence-corrected chi connectivity index (χ4v) is 5.79. The minimum absolute atomic E-state index is 0.121. The van der Waals surface area contributed by atoms with Crippen LogP contribution in [0.2, 0.25) is 0 Å². The summed E-state index contributed by atoms with van der Waals surface area (Å²) >= 11 is 0. The second-order valence-corrected chi connectivity index (χ2v) is 8.62. The highest BCUT2D eigenvalue weighted by atomic mass is 16.2. The molecule has 3 nitrogen and oxygen atoms in total. The Kier molecular flexibility index (Phi) is 3.50. The number of nitrogens with one attached hydrogen (secondary N) is 1. The molecule has 126 valence electrons. The Balaban J connectivity index is 1.24. The molecule has 5 aliphatic carbocycles. The zero-order valence-corrected chi connectivity index (χ0v) is 14.2. The Morgan fingerprint density at radius 1 is 0.917 bits per heavy atom. The fraction of sp³-hybridized carbons (Fsp3) is 0.619. The maximum atomic E-state index is 12.5. The van der Waals surface area contributed by atoms with Gasteiger partial charge in [-0.15, -0.1) is 0 Å². The van der Waals surface area contributed by atoms with E-state index in [0.29, 0.717) is 11.8 Å². The first kappa shape index (κ1) is 14.7. The Hall–Kier alpha value is -1.64. The van der Waals surface area contributed by atoms with Gasteiger partial charge in [-0.3, -0.25) is 4.79 Å². The van der Waals surface area contributed by atoms with Crippen LogP contribution in [0.25, 0.3) is 0 Å². The smallest absolute Gasteiger partial charge is 0.243 e. The molecule has 5 aliphatic rings. The van der Waals surface area contributed by atoms with Crippen molar-refractivity contribution in [2.75, 3.05) is 0 Å². The summed E-state index contributed by atoms with van der Waals surface area (Å²) in [6.07, 6.45) is 8.99. The highest BCUT2D eigenvalue weighted by molar-refractivity contribution is 5.90. The maximum Gasteiger partial charge on any atom is 0.243 e. The van der Waals surface area contributed by atoms with Gasteiger partial charge in [-0.1, -0.05) is 30.3 Å². The molecule has 1 aromatic rings. The van der Waals surface area contributed by atoms with E-state index in [2.05, 4.69) is 34.8 Å². The molecule has 0 spiro atoms. The van der Waals surface area contributed by atoms with Gasteiger partial charge in [0.05, 0.1) is 0 Å². The molecular weight excluding hydrogens is 296 g/mol. The number of hydrogen-bond acceptors (Lipinski definition) is 2. The van der Waals surface area contributed by atoms with Crippen LogP contribution >= 0.6 is 0 Å². The summed E-state index contributed by atoms with van der Waals surface area (Å²) in [6.45, 7) is 0. The van der Waals surface area contributed by atoms with Gasteiger partial charge in [0.25, 0.3) is 0 Å². The first-order chi connectivity index (χ1) is 11.8. The molecule has 1 N–H and O–H groups in total. The molecular formula is C21H26N2O. The highest BCUT2D eigenvalue weighted by Crippen LogP contribution is 2.50. The maximum absolute atomic E-state index is 12.5. The molecule has 4 bridgehead atoms. The number of benzene rings is 1. The summed E-state index contributed by atoms with van der Waals surface area (Å²) < 4.78 is 0. The van der Waals surface area contributed by atoms with E-state index in [9.17, 15) is 4.79 Å². The second-order valence-electron chi connectivity index (χ2n) is 8.62. The van der Waals surface area contributed by atoms with Crippen molar-refractivity contribution in [2.24, 2.45) is 34.7 Å². The van der Waals surface area contributed by atoms with Crippen molar-refractivity contribution < 1.29 is 4.79 Å². The molecule has 0 aliphatic heterocycles. The van der Waals surface area contributed by atoms with E-state index in [1.807, 2.05) is 6.07 Å². The van der Waals surface area contributed by atoms with Gasteiger partial charge in [-0.2, -0.15) is 5.10 Å². The first-order valence-corrected chi connectivity index (χ1v) is 9.67. The van der Waals surface area contributed by atoms with Crippen molar-refractivity contribution in [3.8, 4) is 0 Å². The lowest BCUT2D eigenvalue weighted by Crippen LogP contribution is -2.29. The quantitative estimate of drug-likeness (QED) is 0.836. The molecule has 24 heavy (non-hydrogen) atoms. The molecule has 2 unspecified atom stereocenters. The zero-order chi connectivity index (χ0) is 16.1. The van der Waals surface area contributed by atoms with Gasteiger partial charge in [-0.25, -0.2) is 5.43 Å². The van der Waals surface area contributed by atoms with Crippen LogP contribution < -0.4 is 5.43 Å². The van der Waals surface area contributed by atoms with Crippen LogP contribution in [-0.4, -0.2) is 11.6 Å². The number of carbonyl (C=O) groups is 1. The lowest BCUT2D eigenvalue weighted by molar-refractivity contribution is -0.122. The van der Waals surface area contributed by atoms with E-state index < -0.39 is 0 Å². The summed E-state index contributed by atoms with van der Waals surface area (Å²) in [4.78, 5) is 12.5. The molecule has 0 saturated heterocycles. The third-order valence-corrected chi connectivity index (χ3v) is 6.87. The van der Waals surface area contributed by atoms with Gasteiger partial charge in [0.2, 0.25) is 5.91 Å². The van der Waals surface area contributed by atoms with Crippen molar-refractivity contribution in [1.29, 1.82) is 0 Å². The number of carbonyl (C=O) groups excluding carboxylic acids is 1. The van der Waals surface area contributed by atoms with Gasteiger partial charge in [0.15, 0.2) is 0 Å². The highest BCUT2D eigenvalue weighted by Gasteiger charge is 2.45. The van der Waals surface area contributed by atoms with E-state index in [4.69, 9.17) is 0 Å². The third-order valence-electron chi connectivity index (χ3n) is 6.87. The van der Waals surface area contributed by atoms with Crippen LogP contribution in [0.4, 0.5) is 0 Å². The standard InChI is InChI=1S/C21H26N2O/c24-21(19-12-18(19)16-4-2-1-3-5-16)23-22-20-11-15-7-13-6-14(8-15)10-17(20)9-13/h1-5,13-15,17-19H,6-12H2,(H,23,24)/b22-20-/t13-,14+,15?,17?,18-,19+/m1/s1. The molecule has 0 aromatic heterocycles. The van der Waals surface area contributed by atoms with Gasteiger partial charge in [0, 0.05) is 11.6 Å². The van der Waals surface area contributed by atoms with Crippen LogP contribution in [0.3, 0.4) is 0 Å². The lowest BCUT2D eigenvalue weighted by Gasteiger charge is -2.37. The van der Waals surface area contributed by atoms with E-state index in [-0.39, 0.29) is 11.8 Å². The topological polar surface area (TPSA) is 41.5 Å². The van der Waals surface area contributed by atoms with Gasteiger partial charge >= 0.3 is 0 Å². The van der Waals surface area contributed by atoms with Crippen LogP contribution in [0.5, 0.6) is 0 Å². The number of rotatable bonds is 3. The molecule has 5 fully saturated rings. The third kappa shape index (κ3) is 2.68. The molecule has 1 amide bonds. The van der Waals surface area contributed by atoms with Crippen molar-refractivity contribution in [3.05, 3.63) is 35.9 Å². The van der Waals surface area contributed by atoms with E-state index in [1.165, 1.54) is 43.4 Å². The van der Waals surface area contributed by atoms with Crippen molar-refractivity contribution in [2.45, 2.75) is 50.9 Å². The Bertz CT molecular complexity index is 654. The van der Waals surface area contributed by atoms with Gasteiger partial charge in [-0.05, 0) is 80.1 Å². The van der Waals surface area contributed by atoms with Crippen LogP contribution in [0, 0.1) is 29.6 Å². The number of hydrazone groups is 1. The van der Waals surface area contributed by atoms with Crippen LogP contribution in [0.15, 0.2) is 35.4 Å². The number of fused-ring (bicyclic) bond motifs is 1. The molecule has 6 atom stereocenters. The Morgan fingerprint density at radius 3 is 2.38 bits per heavy atom. The van der Waals surface area contributed by atoms with Crippen molar-refractivity contribution in [3.63, 3.8) is 0 Å². The number of nitrogens with zero attached hydrogens (tertiary/aromatic N) is 1. The van der Waals surface area contributed by atoms with Gasteiger partial charge < -0.3 is 0 Å². The Morgan fingerprint density at radius 2 is 1.62 bits per heavy atom. The van der Waals surface area contributed by atoms with E-state index in [0.717, 1.165) is 30.6 Å². The largest absolute Gasteiger partial charge is 0.273 e. The fourth-order valence-electron chi connectivity index (χ4n) is 5.79. The molecule has 0 radical (unpaired) electrons. The molecule has 0 heterocycles. The minimum Gasteiger partial charge on any atom is -0.273 e. The molecule has 1 aromatic carbocycles. The van der Waals surface area contributed by atoms with E-state index in [1.54, 1.807) is 0 Å². The minimum atomic E-state index is 0.121. The molecule has 5 saturated carbocycles. The SMILES string of the molecule is O=C(N/N=C1/CC2C[C@@H]3CC1C[C@H](C2)C3)[C@H]1C[C@@H]1c1ccccc1. The van der Waals surface area contributed by atoms with Crippen molar-refractivity contribution >= 4 is 11.6 Å². The summed E-state index contributed by atoms with van der Waals surface area (Å²) in [7, 11) is 0. The lowest BCUT2D eigenvalue weighted by atomic mass is 9.68. The van der Waals surface area contributed by atoms with Gasteiger partial charge in [0.1, 0.15) is 0 Å². The molecule has 3 heteroatoms. The Labute approximate surface area is 143 Å². The first-order valence-electron chi connectivity index (χ1n) is 9.67. The normalized spacial score (nSPS) is 41.2. The van der Waals surface area contributed by atoms with Crippen LogP contribution in [-0.2, 0) is 4.79 Å².